The number of carboxylic acid groups (broad SMARTS) is 1. The number of nitrogens with zero attached hydrogens (tertiary/aromatic N) is 1. The molecule has 0 fully saturated rings. The molecular formula is C17H23NO3. The number of hydrogen-bond donors (Lipinski definition) is 1. The lowest BCUT2D eigenvalue weighted by Crippen LogP contribution is -2.44. The summed E-state index contributed by atoms with van der Waals surface area (Å²) in [6, 6.07) is 5.37. The maximum Gasteiger partial charge on any atom is 0.328 e. The molecule has 4 nitrogen and oxygen atoms in total. The molecule has 0 radical (unpaired) electrons. The van der Waals surface area contributed by atoms with Gasteiger partial charge in [0, 0.05) is 24.2 Å². The van der Waals surface area contributed by atoms with Crippen LogP contribution >= 0.6 is 0 Å². The van der Waals surface area contributed by atoms with Crippen molar-refractivity contribution in [3.63, 3.8) is 0 Å². The van der Waals surface area contributed by atoms with Crippen LogP contribution in [0.3, 0.4) is 0 Å². The summed E-state index contributed by atoms with van der Waals surface area (Å²) in [5, 5.41) is 8.67. The molecule has 1 N–H and O–H groups in total. The second-order valence-corrected chi connectivity index (χ2v) is 5.78. The molecule has 0 aliphatic carbocycles. The van der Waals surface area contributed by atoms with Crippen molar-refractivity contribution >= 4 is 18.0 Å². The van der Waals surface area contributed by atoms with Crippen LogP contribution in [0.2, 0.25) is 0 Å². The molecular weight excluding hydrogens is 266 g/mol. The Labute approximate surface area is 126 Å². The van der Waals surface area contributed by atoms with Gasteiger partial charge < -0.3 is 10.0 Å². The molecule has 0 aliphatic rings. The summed E-state index contributed by atoms with van der Waals surface area (Å²) in [4.78, 5) is 25.0. The lowest BCUT2D eigenvalue weighted by molar-refractivity contribution is -0.131. The van der Waals surface area contributed by atoms with E-state index in [4.69, 9.17) is 5.11 Å². The number of hydrogen-bond acceptors (Lipinski definition) is 2. The van der Waals surface area contributed by atoms with Gasteiger partial charge in [-0.3, -0.25) is 4.79 Å². The van der Waals surface area contributed by atoms with Crippen molar-refractivity contribution in [3.8, 4) is 0 Å². The Morgan fingerprint density at radius 1 is 1.33 bits per heavy atom. The minimum Gasteiger partial charge on any atom is -0.478 e. The smallest absolute Gasteiger partial charge is 0.328 e. The Hall–Kier alpha value is -2.10. The highest BCUT2D eigenvalue weighted by Crippen LogP contribution is 2.22. The summed E-state index contributed by atoms with van der Waals surface area (Å²) in [5.74, 6) is -1.06. The van der Waals surface area contributed by atoms with Crippen LogP contribution in [0.5, 0.6) is 0 Å². The Bertz CT molecular complexity index is 573. The van der Waals surface area contributed by atoms with E-state index < -0.39 is 5.97 Å². The predicted molar refractivity (Wildman–Crippen MR) is 84.3 cm³/mol. The van der Waals surface area contributed by atoms with E-state index in [1.54, 1.807) is 24.1 Å². The molecule has 114 valence electrons. The highest BCUT2D eigenvalue weighted by molar-refractivity contribution is 5.96. The molecule has 21 heavy (non-hydrogen) atoms. The number of amides is 1. The molecule has 0 bridgehead atoms. The number of rotatable bonds is 5. The molecule has 4 heteroatoms. The van der Waals surface area contributed by atoms with Crippen LogP contribution in [-0.4, -0.2) is 34.5 Å². The SMILES string of the molecule is CCC(C)(C)N(C)C(=O)c1cc(C=CC(=O)O)ccc1C. The number of carbonyl (C=O) groups is 2. The monoisotopic (exact) mass is 289 g/mol. The first kappa shape index (κ1) is 17.0. The lowest BCUT2D eigenvalue weighted by atomic mass is 9.97. The van der Waals surface area contributed by atoms with Crippen molar-refractivity contribution in [2.75, 3.05) is 7.05 Å². The van der Waals surface area contributed by atoms with Gasteiger partial charge in [-0.1, -0.05) is 19.1 Å². The normalized spacial score (nSPS) is 11.7. The van der Waals surface area contributed by atoms with E-state index in [-0.39, 0.29) is 11.4 Å². The minimum atomic E-state index is -1.01. The average Bonchev–Trinajstić information content (AvgIpc) is 2.44. The zero-order valence-electron chi connectivity index (χ0n) is 13.3. The van der Waals surface area contributed by atoms with Gasteiger partial charge in [-0.2, -0.15) is 0 Å². The predicted octanol–water partition coefficient (Wildman–Crippen LogP) is 3.35. The van der Waals surface area contributed by atoms with Crippen LogP contribution in [0.25, 0.3) is 6.08 Å². The van der Waals surface area contributed by atoms with Crippen molar-refractivity contribution < 1.29 is 14.7 Å². The van der Waals surface area contributed by atoms with Gasteiger partial charge in [0.1, 0.15) is 0 Å². The Morgan fingerprint density at radius 2 is 1.95 bits per heavy atom. The van der Waals surface area contributed by atoms with Crippen molar-refractivity contribution in [1.82, 2.24) is 4.90 Å². The number of carbonyl (C=O) groups excluding carboxylic acids is 1. The summed E-state index contributed by atoms with van der Waals surface area (Å²) < 4.78 is 0. The van der Waals surface area contributed by atoms with Gasteiger partial charge >= 0.3 is 5.97 Å². The third-order valence-electron chi connectivity index (χ3n) is 3.99. The summed E-state index contributed by atoms with van der Waals surface area (Å²) in [6.45, 7) is 7.97. The Balaban J connectivity index is 3.15. The van der Waals surface area contributed by atoms with Crippen molar-refractivity contribution in [1.29, 1.82) is 0 Å². The number of aliphatic carboxylic acids is 1. The first-order valence-electron chi connectivity index (χ1n) is 6.99. The van der Waals surface area contributed by atoms with E-state index in [9.17, 15) is 9.59 Å². The van der Waals surface area contributed by atoms with Crippen molar-refractivity contribution in [3.05, 3.63) is 41.0 Å². The minimum absolute atomic E-state index is 0.0510. The van der Waals surface area contributed by atoms with Crippen LogP contribution in [-0.2, 0) is 4.79 Å². The summed E-state index contributed by atoms with van der Waals surface area (Å²) in [5.41, 5.74) is 1.96. The molecule has 0 heterocycles. The topological polar surface area (TPSA) is 57.6 Å². The van der Waals surface area contributed by atoms with E-state index in [2.05, 4.69) is 0 Å². The van der Waals surface area contributed by atoms with Gasteiger partial charge in [0.2, 0.25) is 0 Å². The van der Waals surface area contributed by atoms with Crippen LogP contribution in [0.15, 0.2) is 24.3 Å². The van der Waals surface area contributed by atoms with Gasteiger partial charge in [-0.25, -0.2) is 4.79 Å². The molecule has 1 aromatic carbocycles. The number of benzene rings is 1. The number of aryl methyl sites for hydroxylation is 1. The van der Waals surface area contributed by atoms with Crippen molar-refractivity contribution in [2.24, 2.45) is 0 Å². The molecule has 0 saturated carbocycles. The fourth-order valence-electron chi connectivity index (χ4n) is 1.83. The Morgan fingerprint density at radius 3 is 2.48 bits per heavy atom. The quantitative estimate of drug-likeness (QED) is 0.846. The van der Waals surface area contributed by atoms with E-state index in [1.165, 1.54) is 6.08 Å². The highest BCUT2D eigenvalue weighted by atomic mass is 16.4. The molecule has 0 atom stereocenters. The van der Waals surface area contributed by atoms with Crippen LogP contribution in [0.4, 0.5) is 0 Å². The molecule has 0 aromatic heterocycles. The second-order valence-electron chi connectivity index (χ2n) is 5.78. The zero-order chi connectivity index (χ0) is 16.2. The molecule has 0 spiro atoms. The number of carboxylic acids is 1. The second kappa shape index (κ2) is 6.57. The Kier molecular flexibility index (Phi) is 5.30. The maximum atomic E-state index is 12.6. The standard InChI is InChI=1S/C17H23NO3/c1-6-17(3,4)18(5)16(21)14-11-13(8-7-12(14)2)9-10-15(19)20/h7-11H,6H2,1-5H3,(H,19,20). The van der Waals surface area contributed by atoms with E-state index in [0.717, 1.165) is 18.1 Å². The highest BCUT2D eigenvalue weighted by Gasteiger charge is 2.27. The van der Waals surface area contributed by atoms with Crippen LogP contribution < -0.4 is 0 Å². The van der Waals surface area contributed by atoms with E-state index in [1.807, 2.05) is 33.8 Å². The summed E-state index contributed by atoms with van der Waals surface area (Å²) in [6.07, 6.45) is 3.41. The molecule has 1 rings (SSSR count). The molecule has 1 aromatic rings. The van der Waals surface area contributed by atoms with Gasteiger partial charge in [0.05, 0.1) is 0 Å². The lowest BCUT2D eigenvalue weighted by Gasteiger charge is -2.35. The summed E-state index contributed by atoms with van der Waals surface area (Å²) >= 11 is 0. The molecule has 0 saturated heterocycles. The zero-order valence-corrected chi connectivity index (χ0v) is 13.3. The molecule has 0 aliphatic heterocycles. The molecule has 1 amide bonds. The van der Waals surface area contributed by atoms with Crippen molar-refractivity contribution in [2.45, 2.75) is 39.7 Å². The van der Waals surface area contributed by atoms with Gasteiger partial charge in [-0.15, -0.1) is 0 Å². The third-order valence-corrected chi connectivity index (χ3v) is 3.99. The fourth-order valence-corrected chi connectivity index (χ4v) is 1.83. The fraction of sp³-hybridized carbons (Fsp3) is 0.412. The first-order chi connectivity index (χ1) is 9.69. The summed E-state index contributed by atoms with van der Waals surface area (Å²) in [7, 11) is 1.80. The average molecular weight is 289 g/mol. The third kappa shape index (κ3) is 4.18. The van der Waals surface area contributed by atoms with E-state index in [0.29, 0.717) is 11.1 Å². The van der Waals surface area contributed by atoms with Gasteiger partial charge in [0.25, 0.3) is 5.91 Å². The first-order valence-corrected chi connectivity index (χ1v) is 6.99. The molecule has 0 unspecified atom stereocenters. The largest absolute Gasteiger partial charge is 0.478 e. The van der Waals surface area contributed by atoms with Gasteiger partial charge in [0.15, 0.2) is 0 Å². The van der Waals surface area contributed by atoms with Crippen LogP contribution in [0, 0.1) is 6.92 Å². The van der Waals surface area contributed by atoms with E-state index >= 15 is 0 Å². The van der Waals surface area contributed by atoms with Gasteiger partial charge in [-0.05, 0) is 50.5 Å². The van der Waals surface area contributed by atoms with Crippen LogP contribution in [0.1, 0.15) is 48.7 Å². The maximum absolute atomic E-state index is 12.6.